The van der Waals surface area contributed by atoms with E-state index in [0.29, 0.717) is 18.1 Å². The van der Waals surface area contributed by atoms with Crippen molar-refractivity contribution in [2.75, 3.05) is 12.4 Å². The molecule has 3 N–H and O–H groups in total. The standard InChI is InChI=1S/C19H20N6O2/c1-11-8-15(12(2)25(11)10-13-6-7-20-24-13)18(26)23-19-21-16-5-4-14(27-3)9-17(16)22-19/h4-9H,10H2,1-3H3,(H,20,24)(H2,21,22,23,26). The summed E-state index contributed by atoms with van der Waals surface area (Å²) >= 11 is 0. The first kappa shape index (κ1) is 16.9. The number of amides is 1. The summed E-state index contributed by atoms with van der Waals surface area (Å²) in [5.41, 5.74) is 5.05. The number of aromatic amines is 2. The van der Waals surface area contributed by atoms with Crippen molar-refractivity contribution < 1.29 is 9.53 Å². The van der Waals surface area contributed by atoms with Crippen LogP contribution < -0.4 is 10.1 Å². The summed E-state index contributed by atoms with van der Waals surface area (Å²) in [6, 6.07) is 9.32. The smallest absolute Gasteiger partial charge is 0.259 e. The van der Waals surface area contributed by atoms with Crippen molar-refractivity contribution in [3.8, 4) is 5.75 Å². The average molecular weight is 364 g/mol. The molecule has 27 heavy (non-hydrogen) atoms. The Bertz CT molecular complexity index is 1110. The number of anilines is 1. The highest BCUT2D eigenvalue weighted by molar-refractivity contribution is 6.05. The normalized spacial score (nSPS) is 11.1. The lowest BCUT2D eigenvalue weighted by molar-refractivity contribution is 0.102. The Balaban J connectivity index is 1.58. The van der Waals surface area contributed by atoms with Gasteiger partial charge in [-0.25, -0.2) is 4.98 Å². The number of aryl methyl sites for hydroxylation is 1. The maximum atomic E-state index is 12.8. The minimum atomic E-state index is -0.204. The number of imidazole rings is 1. The minimum Gasteiger partial charge on any atom is -0.497 e. The van der Waals surface area contributed by atoms with Gasteiger partial charge >= 0.3 is 0 Å². The highest BCUT2D eigenvalue weighted by atomic mass is 16.5. The van der Waals surface area contributed by atoms with Gasteiger partial charge in [-0.2, -0.15) is 5.10 Å². The highest BCUT2D eigenvalue weighted by Crippen LogP contribution is 2.22. The Morgan fingerprint density at radius 2 is 2.11 bits per heavy atom. The Kier molecular flexibility index (Phi) is 4.15. The predicted octanol–water partition coefficient (Wildman–Crippen LogP) is 3.01. The monoisotopic (exact) mass is 364 g/mol. The van der Waals surface area contributed by atoms with E-state index in [1.807, 2.05) is 44.2 Å². The van der Waals surface area contributed by atoms with Gasteiger partial charge in [0.2, 0.25) is 5.95 Å². The molecule has 0 saturated carbocycles. The summed E-state index contributed by atoms with van der Waals surface area (Å²) in [5.74, 6) is 0.929. The summed E-state index contributed by atoms with van der Waals surface area (Å²) in [5, 5.41) is 9.76. The van der Waals surface area contributed by atoms with Crippen LogP contribution in [0.1, 0.15) is 27.4 Å². The fraction of sp³-hybridized carbons (Fsp3) is 0.211. The number of H-pyrrole nitrogens is 2. The van der Waals surface area contributed by atoms with Gasteiger partial charge in [0, 0.05) is 23.7 Å². The molecule has 0 radical (unpaired) electrons. The molecule has 0 bridgehead atoms. The van der Waals surface area contributed by atoms with E-state index >= 15 is 0 Å². The van der Waals surface area contributed by atoms with Gasteiger partial charge in [0.05, 0.1) is 35.9 Å². The van der Waals surface area contributed by atoms with E-state index in [1.54, 1.807) is 13.3 Å². The van der Waals surface area contributed by atoms with Gasteiger partial charge in [-0.05, 0) is 38.1 Å². The molecule has 0 atom stereocenters. The minimum absolute atomic E-state index is 0.204. The first-order valence-electron chi connectivity index (χ1n) is 8.55. The van der Waals surface area contributed by atoms with Crippen LogP contribution in [0.3, 0.4) is 0 Å². The van der Waals surface area contributed by atoms with Crippen molar-refractivity contribution in [2.24, 2.45) is 0 Å². The van der Waals surface area contributed by atoms with Gasteiger partial charge in [0.1, 0.15) is 5.75 Å². The second-order valence-electron chi connectivity index (χ2n) is 6.38. The van der Waals surface area contributed by atoms with E-state index < -0.39 is 0 Å². The van der Waals surface area contributed by atoms with Crippen LogP contribution in [0.5, 0.6) is 5.75 Å². The molecule has 1 aromatic carbocycles. The van der Waals surface area contributed by atoms with Crippen molar-refractivity contribution >= 4 is 22.9 Å². The number of hydrogen-bond donors (Lipinski definition) is 3. The van der Waals surface area contributed by atoms with Gasteiger partial charge in [-0.15, -0.1) is 0 Å². The lowest BCUT2D eigenvalue weighted by atomic mass is 10.2. The zero-order valence-corrected chi connectivity index (χ0v) is 15.3. The number of carbonyl (C=O) groups excluding carboxylic acids is 1. The molecular formula is C19H20N6O2. The van der Waals surface area contributed by atoms with Gasteiger partial charge < -0.3 is 14.3 Å². The molecule has 3 heterocycles. The largest absolute Gasteiger partial charge is 0.497 e. The summed E-state index contributed by atoms with van der Waals surface area (Å²) in [4.78, 5) is 20.3. The summed E-state index contributed by atoms with van der Waals surface area (Å²) in [7, 11) is 1.61. The number of fused-ring (bicyclic) bond motifs is 1. The Morgan fingerprint density at radius 1 is 1.26 bits per heavy atom. The van der Waals surface area contributed by atoms with E-state index in [2.05, 4.69) is 30.0 Å². The van der Waals surface area contributed by atoms with Crippen LogP contribution in [0.15, 0.2) is 36.5 Å². The molecule has 0 unspecified atom stereocenters. The molecule has 8 nitrogen and oxygen atoms in total. The van der Waals surface area contributed by atoms with E-state index in [1.165, 1.54) is 0 Å². The SMILES string of the molecule is COc1ccc2nc(NC(=O)c3cc(C)n(Cc4ccn[nH]4)c3C)[nH]c2c1. The van der Waals surface area contributed by atoms with Gasteiger partial charge in [0.25, 0.3) is 5.91 Å². The molecule has 0 saturated heterocycles. The van der Waals surface area contributed by atoms with Gasteiger partial charge in [-0.3, -0.25) is 15.2 Å². The average Bonchev–Trinajstić information content (AvgIpc) is 3.36. The van der Waals surface area contributed by atoms with Gasteiger partial charge in [-0.1, -0.05) is 0 Å². The number of rotatable bonds is 5. The number of ether oxygens (including phenoxy) is 1. The summed E-state index contributed by atoms with van der Waals surface area (Å²) < 4.78 is 7.29. The Hall–Kier alpha value is -3.55. The third-order valence-corrected chi connectivity index (χ3v) is 4.63. The number of hydrogen-bond acceptors (Lipinski definition) is 4. The number of nitrogens with zero attached hydrogens (tertiary/aromatic N) is 3. The molecule has 1 amide bonds. The second kappa shape index (κ2) is 6.64. The maximum absolute atomic E-state index is 12.8. The molecule has 0 spiro atoms. The fourth-order valence-electron chi connectivity index (χ4n) is 3.17. The van der Waals surface area contributed by atoms with Crippen LogP contribution in [-0.2, 0) is 6.54 Å². The number of nitrogens with one attached hydrogen (secondary N) is 3. The third-order valence-electron chi connectivity index (χ3n) is 4.63. The third kappa shape index (κ3) is 3.17. The molecular weight excluding hydrogens is 344 g/mol. The quantitative estimate of drug-likeness (QED) is 0.507. The fourth-order valence-corrected chi connectivity index (χ4v) is 3.17. The van der Waals surface area contributed by atoms with E-state index in [4.69, 9.17) is 4.74 Å². The van der Waals surface area contributed by atoms with Crippen molar-refractivity contribution in [3.05, 3.63) is 59.2 Å². The molecule has 4 rings (SSSR count). The van der Waals surface area contributed by atoms with Crippen LogP contribution in [-0.4, -0.2) is 37.7 Å². The second-order valence-corrected chi connectivity index (χ2v) is 6.38. The first-order chi connectivity index (χ1) is 13.0. The molecule has 0 fully saturated rings. The number of carbonyl (C=O) groups is 1. The number of methoxy groups -OCH3 is 1. The van der Waals surface area contributed by atoms with Crippen LogP contribution in [0, 0.1) is 13.8 Å². The molecule has 4 aromatic rings. The Morgan fingerprint density at radius 3 is 2.85 bits per heavy atom. The van der Waals surface area contributed by atoms with Crippen molar-refractivity contribution in [3.63, 3.8) is 0 Å². The molecule has 3 aromatic heterocycles. The molecule has 0 aliphatic rings. The van der Waals surface area contributed by atoms with Crippen molar-refractivity contribution in [2.45, 2.75) is 20.4 Å². The molecule has 138 valence electrons. The number of benzene rings is 1. The lowest BCUT2D eigenvalue weighted by Crippen LogP contribution is -2.14. The van der Waals surface area contributed by atoms with Crippen molar-refractivity contribution in [1.82, 2.24) is 24.7 Å². The first-order valence-corrected chi connectivity index (χ1v) is 8.55. The summed E-state index contributed by atoms with van der Waals surface area (Å²) in [6.45, 7) is 4.55. The van der Waals surface area contributed by atoms with Crippen LogP contribution in [0.25, 0.3) is 11.0 Å². The predicted molar refractivity (Wildman–Crippen MR) is 102 cm³/mol. The molecule has 8 heteroatoms. The topological polar surface area (TPSA) is 101 Å². The van der Waals surface area contributed by atoms with E-state index in [-0.39, 0.29) is 5.91 Å². The lowest BCUT2D eigenvalue weighted by Gasteiger charge is -2.08. The van der Waals surface area contributed by atoms with E-state index in [0.717, 1.165) is 33.9 Å². The summed E-state index contributed by atoms with van der Waals surface area (Å²) in [6.07, 6.45) is 1.72. The van der Waals surface area contributed by atoms with E-state index in [9.17, 15) is 4.79 Å². The van der Waals surface area contributed by atoms with Gasteiger partial charge in [0.15, 0.2) is 0 Å². The molecule has 0 aliphatic heterocycles. The molecule has 0 aliphatic carbocycles. The van der Waals surface area contributed by atoms with Crippen LogP contribution >= 0.6 is 0 Å². The zero-order valence-electron chi connectivity index (χ0n) is 15.3. The van der Waals surface area contributed by atoms with Crippen LogP contribution in [0.2, 0.25) is 0 Å². The zero-order chi connectivity index (χ0) is 19.0. The highest BCUT2D eigenvalue weighted by Gasteiger charge is 2.17. The Labute approximate surface area is 155 Å². The maximum Gasteiger partial charge on any atom is 0.259 e. The van der Waals surface area contributed by atoms with Crippen molar-refractivity contribution in [1.29, 1.82) is 0 Å². The number of aromatic nitrogens is 5. The van der Waals surface area contributed by atoms with Crippen LogP contribution in [0.4, 0.5) is 5.95 Å².